The van der Waals surface area contributed by atoms with Crippen molar-refractivity contribution in [2.45, 2.75) is 38.4 Å². The first-order chi connectivity index (χ1) is 12.2. The van der Waals surface area contributed by atoms with Crippen LogP contribution in [-0.4, -0.2) is 10.7 Å². The normalized spacial score (nSPS) is 12.2. The lowest BCUT2D eigenvalue weighted by molar-refractivity contribution is 0.738. The predicted octanol–water partition coefficient (Wildman–Crippen LogP) is 6.17. The number of H-pyrrole nitrogens is 1. The summed E-state index contributed by atoms with van der Waals surface area (Å²) < 4.78 is 0. The zero-order valence-electron chi connectivity index (χ0n) is 14.9. The summed E-state index contributed by atoms with van der Waals surface area (Å²) in [5.74, 6) is 2.40. The number of aromatic amines is 1. The second-order valence-electron chi connectivity index (χ2n) is 6.38. The Balaban J connectivity index is 2.03. The molecule has 0 spiro atoms. The fourth-order valence-electron chi connectivity index (χ4n) is 3.37. The van der Waals surface area contributed by atoms with Crippen molar-refractivity contribution in [3.05, 3.63) is 70.9 Å². The molecule has 1 heterocycles. The summed E-state index contributed by atoms with van der Waals surface area (Å²) in [7, 11) is 0. The molecule has 128 valence electrons. The summed E-state index contributed by atoms with van der Waals surface area (Å²) in [6.45, 7) is 4.30. The number of hydrogen-bond acceptors (Lipinski definition) is 2. The fraction of sp³-hybridized carbons (Fsp3) is 0.318. The fourth-order valence-corrected chi connectivity index (χ4v) is 4.03. The molecule has 3 rings (SSSR count). The summed E-state index contributed by atoms with van der Waals surface area (Å²) in [5, 5.41) is 10.4. The molecule has 1 unspecified atom stereocenters. The average molecular weight is 349 g/mol. The van der Waals surface area contributed by atoms with E-state index in [4.69, 9.17) is 5.26 Å². The second-order valence-corrected chi connectivity index (χ2v) is 7.66. The van der Waals surface area contributed by atoms with E-state index < -0.39 is 0 Å². The van der Waals surface area contributed by atoms with Gasteiger partial charge in [-0.2, -0.15) is 17.0 Å². The van der Waals surface area contributed by atoms with Gasteiger partial charge in [0, 0.05) is 35.2 Å². The summed E-state index contributed by atoms with van der Waals surface area (Å²) in [5.41, 5.74) is 6.46. The average Bonchev–Trinajstić information content (AvgIpc) is 3.06. The maximum atomic E-state index is 9.10. The molecule has 25 heavy (non-hydrogen) atoms. The molecule has 0 fully saturated rings. The lowest BCUT2D eigenvalue weighted by Crippen LogP contribution is -2.00. The largest absolute Gasteiger partial charge is 0.361 e. The molecular formula is C22H24N2S. The number of aryl methyl sites for hydroxylation is 1. The number of fused-ring (bicyclic) bond motifs is 1. The van der Waals surface area contributed by atoms with Crippen LogP contribution in [-0.2, 0) is 5.75 Å². The van der Waals surface area contributed by atoms with E-state index in [0.717, 1.165) is 17.9 Å². The van der Waals surface area contributed by atoms with Crippen molar-refractivity contribution >= 4 is 22.7 Å². The number of benzene rings is 2. The highest BCUT2D eigenvalue weighted by molar-refractivity contribution is 7.98. The van der Waals surface area contributed by atoms with Crippen molar-refractivity contribution in [3.8, 4) is 6.07 Å². The van der Waals surface area contributed by atoms with Crippen molar-refractivity contribution in [1.29, 1.82) is 5.26 Å². The second kappa shape index (κ2) is 8.27. The molecule has 0 amide bonds. The lowest BCUT2D eigenvalue weighted by Gasteiger charge is -2.16. The summed E-state index contributed by atoms with van der Waals surface area (Å²) in [6.07, 6.45) is 3.56. The number of nitrogens with one attached hydrogen (secondary N) is 1. The molecule has 1 N–H and O–H groups in total. The van der Waals surface area contributed by atoms with Gasteiger partial charge in [-0.1, -0.05) is 55.0 Å². The molecule has 3 aromatic rings. The Morgan fingerprint density at radius 1 is 1.16 bits per heavy atom. The molecule has 1 atom stereocenters. The number of nitriles is 1. The highest BCUT2D eigenvalue weighted by Gasteiger charge is 2.18. The molecule has 0 bridgehead atoms. The van der Waals surface area contributed by atoms with Crippen LogP contribution in [0.3, 0.4) is 0 Å². The topological polar surface area (TPSA) is 39.6 Å². The van der Waals surface area contributed by atoms with E-state index in [1.807, 2.05) is 11.8 Å². The number of hydrogen-bond donors (Lipinski definition) is 1. The maximum absolute atomic E-state index is 9.10. The highest BCUT2D eigenvalue weighted by atomic mass is 32.2. The van der Waals surface area contributed by atoms with Gasteiger partial charge >= 0.3 is 0 Å². The van der Waals surface area contributed by atoms with E-state index in [2.05, 4.69) is 73.6 Å². The Kier molecular flexibility index (Phi) is 5.83. The third-order valence-electron chi connectivity index (χ3n) is 4.70. The van der Waals surface area contributed by atoms with Gasteiger partial charge in [0.2, 0.25) is 0 Å². The third kappa shape index (κ3) is 3.91. The Morgan fingerprint density at radius 2 is 1.96 bits per heavy atom. The van der Waals surface area contributed by atoms with Gasteiger partial charge in [-0.25, -0.2) is 0 Å². The van der Waals surface area contributed by atoms with Crippen LogP contribution >= 0.6 is 11.8 Å². The Morgan fingerprint density at radius 3 is 2.68 bits per heavy atom. The van der Waals surface area contributed by atoms with Crippen molar-refractivity contribution in [3.63, 3.8) is 0 Å². The molecule has 1 aromatic heterocycles. The van der Waals surface area contributed by atoms with Gasteiger partial charge in [0.25, 0.3) is 0 Å². The van der Waals surface area contributed by atoms with Crippen molar-refractivity contribution in [2.24, 2.45) is 0 Å². The number of nitrogens with zero attached hydrogens (tertiary/aromatic N) is 1. The van der Waals surface area contributed by atoms with Crippen LogP contribution in [0.4, 0.5) is 0 Å². The zero-order chi connectivity index (χ0) is 17.6. The van der Waals surface area contributed by atoms with Crippen LogP contribution < -0.4 is 0 Å². The molecule has 2 aromatic carbocycles. The van der Waals surface area contributed by atoms with Gasteiger partial charge in [-0.05, 0) is 35.8 Å². The number of para-hydroxylation sites is 1. The van der Waals surface area contributed by atoms with Gasteiger partial charge in [-0.15, -0.1) is 0 Å². The van der Waals surface area contributed by atoms with Gasteiger partial charge in [0.1, 0.15) is 0 Å². The van der Waals surface area contributed by atoms with E-state index in [1.54, 1.807) is 0 Å². The van der Waals surface area contributed by atoms with Crippen molar-refractivity contribution in [1.82, 2.24) is 4.98 Å². The molecule has 0 aliphatic carbocycles. The van der Waals surface area contributed by atoms with E-state index in [1.165, 1.54) is 33.2 Å². The third-order valence-corrected chi connectivity index (χ3v) is 5.62. The Bertz CT molecular complexity index is 871. The van der Waals surface area contributed by atoms with Gasteiger partial charge in [0.15, 0.2) is 0 Å². The van der Waals surface area contributed by atoms with Crippen molar-refractivity contribution < 1.29 is 0 Å². The molecule has 0 aliphatic heterocycles. The van der Waals surface area contributed by atoms with E-state index >= 15 is 0 Å². The Hall–Kier alpha value is -2.18. The quantitative estimate of drug-likeness (QED) is 0.555. The number of thioether (sulfide) groups is 1. The minimum absolute atomic E-state index is 0.253. The van der Waals surface area contributed by atoms with E-state index in [9.17, 15) is 0 Å². The van der Waals surface area contributed by atoms with Gasteiger partial charge in [-0.3, -0.25) is 0 Å². The smallest absolute Gasteiger partial charge is 0.0622 e. The first-order valence-corrected chi connectivity index (χ1v) is 10.00. The minimum atomic E-state index is 0.253. The van der Waals surface area contributed by atoms with E-state index in [0.29, 0.717) is 6.42 Å². The van der Waals surface area contributed by atoms with E-state index in [-0.39, 0.29) is 5.92 Å². The first-order valence-electron chi connectivity index (χ1n) is 8.84. The zero-order valence-corrected chi connectivity index (χ0v) is 15.7. The molecule has 0 radical (unpaired) electrons. The first kappa shape index (κ1) is 17.6. The van der Waals surface area contributed by atoms with Gasteiger partial charge in [0.05, 0.1) is 6.07 Å². The minimum Gasteiger partial charge on any atom is -0.361 e. The van der Waals surface area contributed by atoms with Crippen LogP contribution in [0.1, 0.15) is 47.9 Å². The molecule has 0 aliphatic rings. The monoisotopic (exact) mass is 348 g/mol. The predicted molar refractivity (Wildman–Crippen MR) is 108 cm³/mol. The number of rotatable bonds is 7. The molecule has 3 heteroatoms. The van der Waals surface area contributed by atoms with Crippen LogP contribution in [0.5, 0.6) is 0 Å². The molecule has 2 nitrogen and oxygen atoms in total. The molecular weight excluding hydrogens is 324 g/mol. The van der Waals surface area contributed by atoms with Crippen LogP contribution in [0.15, 0.2) is 48.7 Å². The summed E-state index contributed by atoms with van der Waals surface area (Å²) >= 11 is 1.94. The highest BCUT2D eigenvalue weighted by Crippen LogP contribution is 2.35. The Labute approximate surface area is 154 Å². The summed E-state index contributed by atoms with van der Waals surface area (Å²) in [4.78, 5) is 3.51. The molecule has 0 saturated carbocycles. The van der Waals surface area contributed by atoms with Crippen molar-refractivity contribution in [2.75, 3.05) is 5.75 Å². The van der Waals surface area contributed by atoms with Crippen LogP contribution in [0, 0.1) is 18.3 Å². The maximum Gasteiger partial charge on any atom is 0.0622 e. The van der Waals surface area contributed by atoms with Gasteiger partial charge < -0.3 is 4.98 Å². The number of aromatic nitrogens is 1. The summed E-state index contributed by atoms with van der Waals surface area (Å²) in [6, 6.07) is 17.6. The SMILES string of the molecule is CCSCc1cccc2c(C(CCC#N)c3ccc(C)cc3)c[nH]c12. The lowest BCUT2D eigenvalue weighted by atomic mass is 9.87. The standard InChI is InChI=1S/C22H24N2S/c1-3-25-15-18-6-4-7-20-21(14-24-22(18)20)19(8-5-13-23)17-11-9-16(2)10-12-17/h4,6-7,9-12,14,19,24H,3,5,8,15H2,1-2H3. The van der Waals surface area contributed by atoms with Crippen LogP contribution in [0.2, 0.25) is 0 Å². The molecule has 0 saturated heterocycles. The van der Waals surface area contributed by atoms with Crippen LogP contribution in [0.25, 0.3) is 10.9 Å².